The van der Waals surface area contributed by atoms with E-state index in [2.05, 4.69) is 96.6 Å². The summed E-state index contributed by atoms with van der Waals surface area (Å²) >= 11 is 0. The number of aliphatic hydroxyl groups excluding tert-OH is 1. The van der Waals surface area contributed by atoms with E-state index in [1.165, 1.54) is 7.05 Å². The van der Waals surface area contributed by atoms with Crippen LogP contribution in [0.4, 0.5) is 0 Å². The Morgan fingerprint density at radius 2 is 0.384 bits per heavy atom. The zero-order valence-electron chi connectivity index (χ0n) is 44.9. The van der Waals surface area contributed by atoms with Crippen molar-refractivity contribution in [1.82, 2.24) is 10.6 Å². The van der Waals surface area contributed by atoms with Crippen LogP contribution >= 0.6 is 86.0 Å². The van der Waals surface area contributed by atoms with Crippen LogP contribution in [0.15, 0.2) is 0 Å². The molecule has 0 radical (unpaired) electrons. The van der Waals surface area contributed by atoms with Crippen LogP contribution in [0, 0.1) is 11.8 Å². The fraction of sp³-hybridized carbons (Fsp3) is 1.00. The van der Waals surface area contributed by atoms with Crippen molar-refractivity contribution in [3.8, 4) is 0 Å². The van der Waals surface area contributed by atoms with Gasteiger partial charge in [0.15, 0.2) is 0 Å². The van der Waals surface area contributed by atoms with Gasteiger partial charge < -0.3 is 74.5 Å². The number of aliphatic hydroxyl groups is 1. The molecule has 0 aliphatic heterocycles. The van der Waals surface area contributed by atoms with Crippen molar-refractivity contribution >= 4 is 86.0 Å². The normalized spacial score (nSPS) is 20.3. The van der Waals surface area contributed by atoms with Gasteiger partial charge in [-0.15, -0.1) is 0 Å². The molecule has 0 fully saturated rings. The molecule has 0 aliphatic carbocycles. The van der Waals surface area contributed by atoms with E-state index in [0.717, 1.165) is 0 Å². The smallest absolute Gasteiger partial charge is 0.396 e. The molecule has 0 aromatic heterocycles. The summed E-state index contributed by atoms with van der Waals surface area (Å²) in [5.74, 6) is -1.36. The molecule has 0 heterocycles. The van der Waals surface area contributed by atoms with Gasteiger partial charge in [0.1, 0.15) is 0 Å². The van der Waals surface area contributed by atoms with Crippen molar-refractivity contribution in [2.24, 2.45) is 11.8 Å². The minimum absolute atomic E-state index is 0.0375. The summed E-state index contributed by atoms with van der Waals surface area (Å²) in [6.07, 6.45) is 0. The van der Waals surface area contributed by atoms with Crippen LogP contribution in [0.3, 0.4) is 0 Å². The van der Waals surface area contributed by atoms with Gasteiger partial charge >= 0.3 is 86.0 Å². The average molecular weight is 1500 g/mol. The third-order valence-corrected chi connectivity index (χ3v) is 18.6. The standard InChI is InChI=1S/C28H71N2O45P11/c1-29-21-27(23-31)24-74-85(51,52)71-19-17-69-83(47,48)67-15-13-65-81(43,44)63-11-9-61-79(39,40)59-7-5-57-77(35,36)55-3-4-56-78(37,38)58-6-8-60-80(41,42)62-10-12-64-82(45,46)66-14-16-68-84(49,50)70-18-20-72-86(53,54)75-26-28(22-30-2)25-73-76(32,33)34/h27-31H,3-26H2,1-2H3,(H,35,36)(H,37,38)(H,39,40)(H,41,42)(H,43,44)(H,45,46)(H,47,48)(H,49,50)(H,51,52)(H,53,54)(H2,32,33,34). The number of hydrogen-bond acceptors (Lipinski definition) is 35. The lowest BCUT2D eigenvalue weighted by Crippen LogP contribution is -2.26. The zero-order valence-corrected chi connectivity index (χ0v) is 54.8. The molecule has 12 atom stereocenters. The average Bonchev–Trinajstić information content (AvgIpc) is 3.54. The van der Waals surface area contributed by atoms with Gasteiger partial charge in [-0.25, -0.2) is 50.2 Å². The minimum Gasteiger partial charge on any atom is -0.396 e. The Kier molecular flexibility index (Phi) is 43.8. The highest BCUT2D eigenvalue weighted by Gasteiger charge is 2.32. The maximum Gasteiger partial charge on any atom is 0.472 e. The summed E-state index contributed by atoms with van der Waals surface area (Å²) in [5.41, 5.74) is 0. The topological polar surface area (TPSA) is 669 Å². The molecule has 0 rings (SSSR count). The lowest BCUT2D eigenvalue weighted by Gasteiger charge is -2.19. The first-order chi connectivity index (χ1) is 39.5. The molecular formula is C28H71N2O45P11. The van der Waals surface area contributed by atoms with E-state index in [4.69, 9.17) is 18.8 Å². The fourth-order valence-corrected chi connectivity index (χ4v) is 12.1. The van der Waals surface area contributed by atoms with Crippen LogP contribution in [0.1, 0.15) is 0 Å². The Bertz CT molecular complexity index is 2450. The highest BCUT2D eigenvalue weighted by molar-refractivity contribution is 7.50. The SMILES string of the molecule is CNCC(CO)COP(=O)(O)OCCOP(=O)(O)OCCOP(=O)(O)OCCOP(=O)(O)OCCOP(=O)(O)OCCOP(=O)(O)OCCOP(=O)(O)OCCOP(=O)(O)OCCOP(=O)(O)OCCOP(=O)(O)OCC(CNC)COP(=O)(O)O. The predicted molar refractivity (Wildman–Crippen MR) is 277 cm³/mol. The van der Waals surface area contributed by atoms with Gasteiger partial charge in [0.25, 0.3) is 0 Å². The number of hydrogen-bond donors (Lipinski definition) is 15. The molecule has 12 unspecified atom stereocenters. The summed E-state index contributed by atoms with van der Waals surface area (Å²) in [4.78, 5) is 115. The van der Waals surface area contributed by atoms with Crippen molar-refractivity contribution in [1.29, 1.82) is 0 Å². The largest absolute Gasteiger partial charge is 0.472 e. The molecule has 47 nitrogen and oxygen atoms in total. The molecule has 58 heteroatoms. The maximum atomic E-state index is 12.0. The van der Waals surface area contributed by atoms with Crippen molar-refractivity contribution in [3.63, 3.8) is 0 Å². The first kappa shape index (κ1) is 87.1. The lowest BCUT2D eigenvalue weighted by molar-refractivity contribution is 0.0699. The molecule has 0 aromatic rings. The maximum absolute atomic E-state index is 12.0. The zero-order chi connectivity index (χ0) is 65.9. The molecule has 0 amide bonds. The number of phosphoric ester groups is 11. The highest BCUT2D eigenvalue weighted by Crippen LogP contribution is 2.51. The molecule has 0 saturated heterocycles. The summed E-state index contributed by atoms with van der Waals surface area (Å²) in [6.45, 7) is -17.4. The van der Waals surface area contributed by atoms with Gasteiger partial charge in [-0.05, 0) is 14.1 Å². The first-order valence-electron chi connectivity index (χ1n) is 23.3. The van der Waals surface area contributed by atoms with Crippen LogP contribution in [0.5, 0.6) is 0 Å². The summed E-state index contributed by atoms with van der Waals surface area (Å²) in [5, 5.41) is 14.5. The van der Waals surface area contributed by atoms with Crippen molar-refractivity contribution < 1.29 is 209 Å². The van der Waals surface area contributed by atoms with Crippen molar-refractivity contribution in [2.75, 3.05) is 173 Å². The van der Waals surface area contributed by atoms with E-state index in [-0.39, 0.29) is 26.3 Å². The monoisotopic (exact) mass is 1500 g/mol. The van der Waals surface area contributed by atoms with Crippen molar-refractivity contribution in [2.45, 2.75) is 0 Å². The summed E-state index contributed by atoms with van der Waals surface area (Å²) in [6, 6.07) is 0. The predicted octanol–water partition coefficient (Wildman–Crippen LogP) is 0.0952. The van der Waals surface area contributed by atoms with E-state index in [1.807, 2.05) is 0 Å². The number of nitrogens with one attached hydrogen (secondary N) is 2. The molecule has 86 heavy (non-hydrogen) atoms. The third kappa shape index (κ3) is 51.5. The van der Waals surface area contributed by atoms with Gasteiger partial charge in [0.2, 0.25) is 0 Å². The molecule has 0 aromatic carbocycles. The highest BCUT2D eigenvalue weighted by atomic mass is 31.2. The second kappa shape index (κ2) is 43.2. The second-order valence-corrected chi connectivity index (χ2v) is 30.9. The van der Waals surface area contributed by atoms with Crippen LogP contribution in [0.2, 0.25) is 0 Å². The van der Waals surface area contributed by atoms with Gasteiger partial charge in [-0.1, -0.05) is 0 Å². The van der Waals surface area contributed by atoms with Crippen LogP contribution in [-0.4, -0.2) is 236 Å². The van der Waals surface area contributed by atoms with E-state index in [9.17, 15) is 104 Å². The van der Waals surface area contributed by atoms with Crippen LogP contribution in [0.25, 0.3) is 0 Å². The van der Waals surface area contributed by atoms with Gasteiger partial charge in [0.05, 0.1) is 139 Å². The first-order valence-corrected chi connectivity index (χ1v) is 39.8. The molecule has 518 valence electrons. The van der Waals surface area contributed by atoms with E-state index >= 15 is 0 Å². The summed E-state index contributed by atoms with van der Waals surface area (Å²) in [7, 11) is -50.9. The van der Waals surface area contributed by atoms with Gasteiger partial charge in [0, 0.05) is 31.5 Å². The van der Waals surface area contributed by atoms with Gasteiger partial charge in [-0.2, -0.15) is 0 Å². The minimum atomic E-state index is -5.00. The molecule has 0 spiro atoms. The molecule has 0 bridgehead atoms. The second-order valence-electron chi connectivity index (χ2n) is 15.1. The van der Waals surface area contributed by atoms with E-state index in [0.29, 0.717) is 0 Å². The molecule has 15 N–H and O–H groups in total. The number of rotatable bonds is 59. The molecule has 0 aliphatic rings. The Hall–Kier alpha value is 1.09. The Balaban J connectivity index is 4.29. The quantitative estimate of drug-likeness (QED) is 0.0283. The molecular weight excluding hydrogens is 1420 g/mol. The Morgan fingerprint density at radius 1 is 0.244 bits per heavy atom. The van der Waals surface area contributed by atoms with Crippen LogP contribution < -0.4 is 10.6 Å². The van der Waals surface area contributed by atoms with E-state index in [1.54, 1.807) is 7.05 Å². The van der Waals surface area contributed by atoms with Gasteiger partial charge in [-0.3, -0.25) is 95.0 Å². The summed E-state index contributed by atoms with van der Waals surface area (Å²) < 4.78 is 225. The third-order valence-electron chi connectivity index (χ3n) is 8.00. The number of phosphoric acid groups is 11. The van der Waals surface area contributed by atoms with E-state index < -0.39 is 230 Å². The van der Waals surface area contributed by atoms with Crippen molar-refractivity contribution in [3.05, 3.63) is 0 Å². The molecule has 0 saturated carbocycles. The fourth-order valence-electron chi connectivity index (χ4n) is 4.64. The Morgan fingerprint density at radius 3 is 0.535 bits per heavy atom. The lowest BCUT2D eigenvalue weighted by atomic mass is 10.2. The Labute approximate surface area is 488 Å². The van der Waals surface area contributed by atoms with Crippen LogP contribution in [-0.2, 0) is 145 Å².